The molecule has 0 aliphatic rings. The van der Waals surface area contributed by atoms with Crippen molar-refractivity contribution in [2.75, 3.05) is 0 Å². The minimum Gasteiger partial charge on any atom is -0.481 e. The van der Waals surface area contributed by atoms with Crippen molar-refractivity contribution in [1.82, 2.24) is 0 Å². The van der Waals surface area contributed by atoms with E-state index >= 15 is 0 Å². The molecule has 2 atom stereocenters. The first-order valence-corrected chi connectivity index (χ1v) is 7.05. The Morgan fingerprint density at radius 2 is 2.17 bits per heavy atom. The van der Waals surface area contributed by atoms with Crippen LogP contribution in [-0.2, 0) is 4.79 Å². The van der Waals surface area contributed by atoms with Crippen LogP contribution in [0, 0.1) is 5.92 Å². The molecule has 1 aromatic rings. The summed E-state index contributed by atoms with van der Waals surface area (Å²) in [7, 11) is 0. The summed E-state index contributed by atoms with van der Waals surface area (Å²) in [6, 6.07) is 3.87. The number of hydrogen-bond acceptors (Lipinski definition) is 2. The lowest BCUT2D eigenvalue weighted by atomic mass is 9.85. The van der Waals surface area contributed by atoms with Gasteiger partial charge in [-0.15, -0.1) is 11.3 Å². The Morgan fingerprint density at radius 1 is 1.50 bits per heavy atom. The number of aliphatic carboxylic acids is 1. The second-order valence-corrected chi connectivity index (χ2v) is 6.35. The predicted molar refractivity (Wildman–Crippen MR) is 80.0 cm³/mol. The molecular formula is C14H15BrO2S. The van der Waals surface area contributed by atoms with Crippen molar-refractivity contribution in [1.29, 1.82) is 0 Å². The smallest absolute Gasteiger partial charge is 0.307 e. The molecule has 0 saturated carbocycles. The van der Waals surface area contributed by atoms with Gasteiger partial charge in [0.1, 0.15) is 0 Å². The second-order valence-electron chi connectivity index (χ2n) is 3.85. The molecule has 0 aliphatic heterocycles. The van der Waals surface area contributed by atoms with E-state index in [9.17, 15) is 9.90 Å². The number of carboxylic acid groups (broad SMARTS) is 1. The van der Waals surface area contributed by atoms with Crippen LogP contribution in [0.15, 0.2) is 52.9 Å². The molecule has 1 aromatic heterocycles. The monoisotopic (exact) mass is 326 g/mol. The van der Waals surface area contributed by atoms with E-state index in [-0.39, 0.29) is 5.92 Å². The number of allylic oxidation sites excluding steroid dienone is 4. The van der Waals surface area contributed by atoms with Gasteiger partial charge in [0, 0.05) is 10.8 Å². The summed E-state index contributed by atoms with van der Waals surface area (Å²) in [6.07, 6.45) is 5.16. The maximum atomic E-state index is 11.3. The molecule has 0 radical (unpaired) electrons. The van der Waals surface area contributed by atoms with Crippen molar-refractivity contribution >= 4 is 33.2 Å². The zero-order valence-electron chi connectivity index (χ0n) is 10.1. The Labute approximate surface area is 119 Å². The fourth-order valence-corrected chi connectivity index (χ4v) is 3.43. The summed E-state index contributed by atoms with van der Waals surface area (Å²) in [4.78, 5) is 12.3. The lowest BCUT2D eigenvalue weighted by molar-refractivity contribution is -0.141. The van der Waals surface area contributed by atoms with Crippen LogP contribution in [0.2, 0.25) is 0 Å². The van der Waals surface area contributed by atoms with Crippen molar-refractivity contribution in [3.8, 4) is 0 Å². The van der Waals surface area contributed by atoms with Gasteiger partial charge in [0.2, 0.25) is 0 Å². The first-order chi connectivity index (χ1) is 8.51. The second kappa shape index (κ2) is 6.71. The molecule has 0 bridgehead atoms. The molecule has 0 spiro atoms. The molecule has 4 heteroatoms. The highest BCUT2D eigenvalue weighted by Crippen LogP contribution is 2.38. The highest BCUT2D eigenvalue weighted by molar-refractivity contribution is 9.11. The summed E-state index contributed by atoms with van der Waals surface area (Å²) >= 11 is 4.94. The van der Waals surface area contributed by atoms with E-state index in [4.69, 9.17) is 0 Å². The van der Waals surface area contributed by atoms with E-state index < -0.39 is 11.9 Å². The summed E-state index contributed by atoms with van der Waals surface area (Å²) < 4.78 is 0.988. The van der Waals surface area contributed by atoms with E-state index in [0.717, 1.165) is 14.2 Å². The fourth-order valence-electron chi connectivity index (χ4n) is 1.77. The maximum Gasteiger partial charge on any atom is 0.307 e. The summed E-state index contributed by atoms with van der Waals surface area (Å²) in [5.74, 6) is -1.53. The van der Waals surface area contributed by atoms with Crippen LogP contribution in [0.1, 0.15) is 17.7 Å². The first kappa shape index (κ1) is 14.9. The van der Waals surface area contributed by atoms with E-state index in [2.05, 4.69) is 29.1 Å². The molecule has 2 nitrogen and oxygen atoms in total. The lowest BCUT2D eigenvalue weighted by Gasteiger charge is -2.21. The zero-order valence-corrected chi connectivity index (χ0v) is 12.5. The quantitative estimate of drug-likeness (QED) is 0.775. The molecular weight excluding hydrogens is 312 g/mol. The molecule has 0 aromatic carbocycles. The molecule has 0 saturated heterocycles. The van der Waals surface area contributed by atoms with E-state index in [0.29, 0.717) is 0 Å². The van der Waals surface area contributed by atoms with E-state index in [1.54, 1.807) is 30.4 Å². The molecule has 0 amide bonds. The predicted octanol–water partition coefficient (Wildman–Crippen LogP) is 4.61. The number of thiophene rings is 1. The van der Waals surface area contributed by atoms with Gasteiger partial charge >= 0.3 is 5.97 Å². The Hall–Kier alpha value is -1.13. The Morgan fingerprint density at radius 3 is 2.56 bits per heavy atom. The molecule has 18 heavy (non-hydrogen) atoms. The number of rotatable bonds is 6. The average Bonchev–Trinajstić information content (AvgIpc) is 2.74. The molecule has 0 aliphatic carbocycles. The van der Waals surface area contributed by atoms with Gasteiger partial charge in [0.15, 0.2) is 0 Å². The number of carboxylic acids is 1. The molecule has 1 N–H and O–H groups in total. The molecule has 96 valence electrons. The highest BCUT2D eigenvalue weighted by atomic mass is 79.9. The molecule has 1 unspecified atom stereocenters. The van der Waals surface area contributed by atoms with Crippen LogP contribution < -0.4 is 0 Å². The van der Waals surface area contributed by atoms with Crippen molar-refractivity contribution in [2.45, 2.75) is 12.8 Å². The summed E-state index contributed by atoms with van der Waals surface area (Å²) in [5.41, 5.74) is 0.870. The molecule has 1 rings (SSSR count). The van der Waals surface area contributed by atoms with Gasteiger partial charge < -0.3 is 5.11 Å². The molecule has 0 fully saturated rings. The van der Waals surface area contributed by atoms with Crippen molar-refractivity contribution in [2.24, 2.45) is 5.92 Å². The summed E-state index contributed by atoms with van der Waals surface area (Å²) in [6.45, 7) is 9.12. The normalized spacial score (nSPS) is 14.9. The van der Waals surface area contributed by atoms with Gasteiger partial charge in [-0.1, -0.05) is 38.3 Å². The van der Waals surface area contributed by atoms with Gasteiger partial charge in [-0.25, -0.2) is 0 Å². The lowest BCUT2D eigenvalue weighted by Crippen LogP contribution is -2.19. The van der Waals surface area contributed by atoms with E-state index in [1.165, 1.54) is 0 Å². The van der Waals surface area contributed by atoms with Gasteiger partial charge in [0.25, 0.3) is 0 Å². The number of halogens is 1. The minimum absolute atomic E-state index is 0.200. The Kier molecular flexibility index (Phi) is 5.56. The van der Waals surface area contributed by atoms with Crippen LogP contribution in [0.5, 0.6) is 0 Å². The Balaban J connectivity index is 3.25. The van der Waals surface area contributed by atoms with Crippen LogP contribution in [0.25, 0.3) is 0 Å². The van der Waals surface area contributed by atoms with Crippen molar-refractivity contribution in [3.05, 3.63) is 57.8 Å². The summed E-state index contributed by atoms with van der Waals surface area (Å²) in [5, 5.41) is 9.24. The topological polar surface area (TPSA) is 37.3 Å². The minimum atomic E-state index is -0.818. The third kappa shape index (κ3) is 3.43. The highest BCUT2D eigenvalue weighted by Gasteiger charge is 2.28. The van der Waals surface area contributed by atoms with Gasteiger partial charge in [-0.3, -0.25) is 4.79 Å². The van der Waals surface area contributed by atoms with Crippen LogP contribution in [-0.4, -0.2) is 11.1 Å². The Bertz CT molecular complexity index is 488. The standard InChI is InChI=1S/C14H15BrO2S/c1-4-6-10(5-2)13(9(3)14(16)17)11-7-8-12(15)18-11/h4-9,13H,1-2H2,3H3,(H,16,17)/b10-6+/t9-,13?/m0/s1. The van der Waals surface area contributed by atoms with Crippen LogP contribution >= 0.6 is 27.3 Å². The SMILES string of the molecule is C=C/C=C(\C=C)C(c1ccc(Br)s1)[C@H](C)C(=O)O. The van der Waals surface area contributed by atoms with Crippen LogP contribution in [0.3, 0.4) is 0 Å². The number of hydrogen-bond donors (Lipinski definition) is 1. The number of carbonyl (C=O) groups is 1. The third-order valence-electron chi connectivity index (χ3n) is 2.70. The van der Waals surface area contributed by atoms with Gasteiger partial charge in [-0.05, 0) is 33.6 Å². The third-order valence-corrected chi connectivity index (χ3v) is 4.40. The van der Waals surface area contributed by atoms with Crippen molar-refractivity contribution in [3.63, 3.8) is 0 Å². The van der Waals surface area contributed by atoms with E-state index in [1.807, 2.05) is 18.2 Å². The average molecular weight is 327 g/mol. The maximum absolute atomic E-state index is 11.3. The van der Waals surface area contributed by atoms with Gasteiger partial charge in [-0.2, -0.15) is 0 Å². The fraction of sp³-hybridized carbons (Fsp3) is 0.214. The zero-order chi connectivity index (χ0) is 13.7. The van der Waals surface area contributed by atoms with Crippen LogP contribution in [0.4, 0.5) is 0 Å². The molecule has 1 heterocycles. The van der Waals surface area contributed by atoms with Gasteiger partial charge in [0.05, 0.1) is 9.70 Å². The largest absolute Gasteiger partial charge is 0.481 e. The van der Waals surface area contributed by atoms with Crippen molar-refractivity contribution < 1.29 is 9.90 Å². The first-order valence-electron chi connectivity index (χ1n) is 5.44.